The minimum atomic E-state index is -0.0503. The number of aromatic hydroxyl groups is 1. The predicted octanol–water partition coefficient (Wildman–Crippen LogP) is 1.59. The van der Waals surface area contributed by atoms with Crippen LogP contribution >= 0.6 is 0 Å². The van der Waals surface area contributed by atoms with Crippen molar-refractivity contribution in [3.05, 3.63) is 46.8 Å². The van der Waals surface area contributed by atoms with Crippen LogP contribution in [0.5, 0.6) is 5.75 Å². The van der Waals surface area contributed by atoms with Gasteiger partial charge in [0.15, 0.2) is 0 Å². The average molecular weight is 259 g/mol. The highest BCUT2D eigenvalue weighted by Crippen LogP contribution is 2.11. The summed E-state index contributed by atoms with van der Waals surface area (Å²) in [5.74, 6) is 0.152. The minimum absolute atomic E-state index is 0.0503. The van der Waals surface area contributed by atoms with E-state index in [4.69, 9.17) is 5.11 Å². The van der Waals surface area contributed by atoms with Gasteiger partial charge in [0.05, 0.1) is 12.1 Å². The predicted molar refractivity (Wildman–Crippen MR) is 71.7 cm³/mol. The summed E-state index contributed by atoms with van der Waals surface area (Å²) < 4.78 is 0. The Hall–Kier alpha value is -2.30. The third kappa shape index (κ3) is 3.34. The van der Waals surface area contributed by atoms with Crippen LogP contribution in [0.4, 0.5) is 0 Å². The maximum absolute atomic E-state index is 11.8. The number of nitrogens with zero attached hydrogens (tertiary/aromatic N) is 1. The number of rotatable bonds is 4. The van der Waals surface area contributed by atoms with E-state index in [0.29, 0.717) is 13.0 Å². The molecule has 0 atom stereocenters. The third-order valence-electron chi connectivity index (χ3n) is 3.04. The van der Waals surface area contributed by atoms with Crippen molar-refractivity contribution >= 4 is 5.91 Å². The number of aromatic amines is 1. The van der Waals surface area contributed by atoms with Gasteiger partial charge in [-0.3, -0.25) is 9.89 Å². The number of hydrogen-bond donors (Lipinski definition) is 3. The molecule has 0 aliphatic rings. The van der Waals surface area contributed by atoms with Crippen LogP contribution in [0.15, 0.2) is 24.3 Å². The van der Waals surface area contributed by atoms with Gasteiger partial charge < -0.3 is 10.4 Å². The number of carbonyl (C=O) groups is 1. The molecule has 2 aromatic rings. The second-order valence-electron chi connectivity index (χ2n) is 4.53. The van der Waals surface area contributed by atoms with Gasteiger partial charge in [-0.05, 0) is 31.5 Å². The lowest BCUT2D eigenvalue weighted by Gasteiger charge is -2.06. The van der Waals surface area contributed by atoms with Crippen LogP contribution in [-0.2, 0) is 17.8 Å². The van der Waals surface area contributed by atoms with E-state index in [-0.39, 0.29) is 11.7 Å². The van der Waals surface area contributed by atoms with E-state index in [9.17, 15) is 4.79 Å². The highest BCUT2D eigenvalue weighted by atomic mass is 16.3. The van der Waals surface area contributed by atoms with Crippen molar-refractivity contribution < 1.29 is 9.90 Å². The van der Waals surface area contributed by atoms with E-state index < -0.39 is 0 Å². The molecule has 0 aliphatic carbocycles. The molecule has 1 heterocycles. The lowest BCUT2D eigenvalue weighted by Crippen LogP contribution is -2.25. The molecule has 1 amide bonds. The van der Waals surface area contributed by atoms with Gasteiger partial charge in [0.2, 0.25) is 5.91 Å². The van der Waals surface area contributed by atoms with E-state index in [0.717, 1.165) is 22.5 Å². The molecule has 1 aromatic heterocycles. The van der Waals surface area contributed by atoms with Crippen molar-refractivity contribution in [3.63, 3.8) is 0 Å². The number of aromatic nitrogens is 2. The molecule has 0 saturated carbocycles. The molecule has 5 heteroatoms. The maximum Gasteiger partial charge on any atom is 0.224 e. The molecule has 3 N–H and O–H groups in total. The number of nitrogens with one attached hydrogen (secondary N) is 2. The molecule has 100 valence electrons. The van der Waals surface area contributed by atoms with Crippen molar-refractivity contribution in [1.29, 1.82) is 0 Å². The van der Waals surface area contributed by atoms with Crippen LogP contribution in [0.1, 0.15) is 22.5 Å². The topological polar surface area (TPSA) is 78.0 Å². The molecule has 5 nitrogen and oxygen atoms in total. The quantitative estimate of drug-likeness (QED) is 0.780. The maximum atomic E-state index is 11.8. The van der Waals surface area contributed by atoms with Crippen molar-refractivity contribution in [2.24, 2.45) is 0 Å². The first-order valence-corrected chi connectivity index (χ1v) is 6.11. The molecule has 0 bridgehead atoms. The zero-order valence-electron chi connectivity index (χ0n) is 11.0. The van der Waals surface area contributed by atoms with Gasteiger partial charge >= 0.3 is 0 Å². The highest BCUT2D eigenvalue weighted by molar-refractivity contribution is 5.78. The molecular formula is C14H17N3O2. The molecule has 0 unspecified atom stereocenters. The molecule has 0 fully saturated rings. The van der Waals surface area contributed by atoms with Crippen molar-refractivity contribution in [3.8, 4) is 5.75 Å². The molecule has 0 saturated heterocycles. The Kier molecular flexibility index (Phi) is 3.85. The van der Waals surface area contributed by atoms with Gasteiger partial charge in [-0.1, -0.05) is 12.1 Å². The Morgan fingerprint density at radius 1 is 1.32 bits per heavy atom. The van der Waals surface area contributed by atoms with E-state index in [1.165, 1.54) is 0 Å². The summed E-state index contributed by atoms with van der Waals surface area (Å²) in [7, 11) is 0. The second kappa shape index (κ2) is 5.56. The van der Waals surface area contributed by atoms with E-state index in [1.54, 1.807) is 24.3 Å². The fourth-order valence-corrected chi connectivity index (χ4v) is 1.88. The second-order valence-corrected chi connectivity index (χ2v) is 4.53. The number of aryl methyl sites for hydroxylation is 2. The summed E-state index contributed by atoms with van der Waals surface area (Å²) >= 11 is 0. The first-order valence-electron chi connectivity index (χ1n) is 6.11. The Labute approximate surface area is 111 Å². The fourth-order valence-electron chi connectivity index (χ4n) is 1.88. The van der Waals surface area contributed by atoms with Crippen LogP contribution in [0.2, 0.25) is 0 Å². The van der Waals surface area contributed by atoms with Gasteiger partial charge in [-0.15, -0.1) is 0 Å². The first kappa shape index (κ1) is 13.1. The number of benzene rings is 1. The summed E-state index contributed by atoms with van der Waals surface area (Å²) in [5, 5.41) is 19.0. The molecule has 2 rings (SSSR count). The summed E-state index contributed by atoms with van der Waals surface area (Å²) in [6, 6.07) is 6.63. The largest absolute Gasteiger partial charge is 0.508 e. The number of phenolic OH excluding ortho intramolecular Hbond substituents is 1. The van der Waals surface area contributed by atoms with E-state index in [2.05, 4.69) is 15.5 Å². The van der Waals surface area contributed by atoms with E-state index >= 15 is 0 Å². The summed E-state index contributed by atoms with van der Waals surface area (Å²) in [6.45, 7) is 4.32. The van der Waals surface area contributed by atoms with E-state index in [1.807, 2.05) is 13.8 Å². The Bertz CT molecular complexity index is 553. The lowest BCUT2D eigenvalue weighted by atomic mass is 10.1. The first-order chi connectivity index (χ1) is 9.06. The molecular weight excluding hydrogens is 242 g/mol. The zero-order chi connectivity index (χ0) is 13.8. The van der Waals surface area contributed by atoms with Gasteiger partial charge in [-0.2, -0.15) is 5.10 Å². The van der Waals surface area contributed by atoms with Crippen molar-refractivity contribution in [2.45, 2.75) is 26.8 Å². The fraction of sp³-hybridized carbons (Fsp3) is 0.286. The van der Waals surface area contributed by atoms with Crippen LogP contribution in [0.25, 0.3) is 0 Å². The Morgan fingerprint density at radius 3 is 2.58 bits per heavy atom. The number of phenols is 1. The van der Waals surface area contributed by atoms with Crippen LogP contribution in [-0.4, -0.2) is 21.2 Å². The summed E-state index contributed by atoms with van der Waals surface area (Å²) in [4.78, 5) is 11.8. The number of H-pyrrole nitrogens is 1. The summed E-state index contributed by atoms with van der Waals surface area (Å²) in [5.41, 5.74) is 3.78. The van der Waals surface area contributed by atoms with Gasteiger partial charge in [0.1, 0.15) is 5.75 Å². The molecule has 1 aromatic carbocycles. The number of amides is 1. The Balaban J connectivity index is 1.90. The monoisotopic (exact) mass is 259 g/mol. The van der Waals surface area contributed by atoms with Crippen molar-refractivity contribution in [1.82, 2.24) is 15.5 Å². The standard InChI is InChI=1S/C14H17N3O2/c1-9-13(10(2)17-16-9)8-15-14(19)7-11-3-5-12(18)6-4-11/h3-6,18H,7-8H2,1-2H3,(H,15,19)(H,16,17). The molecule has 0 spiro atoms. The van der Waals surface area contributed by atoms with Crippen LogP contribution in [0.3, 0.4) is 0 Å². The third-order valence-corrected chi connectivity index (χ3v) is 3.04. The average Bonchev–Trinajstić information content (AvgIpc) is 2.70. The smallest absolute Gasteiger partial charge is 0.224 e. The van der Waals surface area contributed by atoms with Gasteiger partial charge in [0.25, 0.3) is 0 Å². The minimum Gasteiger partial charge on any atom is -0.508 e. The normalized spacial score (nSPS) is 10.4. The van der Waals surface area contributed by atoms with Gasteiger partial charge in [0, 0.05) is 17.8 Å². The van der Waals surface area contributed by atoms with Gasteiger partial charge in [-0.25, -0.2) is 0 Å². The number of carbonyl (C=O) groups excluding carboxylic acids is 1. The molecule has 0 radical (unpaired) electrons. The molecule has 19 heavy (non-hydrogen) atoms. The SMILES string of the molecule is Cc1n[nH]c(C)c1CNC(=O)Cc1ccc(O)cc1. The van der Waals surface area contributed by atoms with Crippen LogP contribution in [0, 0.1) is 13.8 Å². The van der Waals surface area contributed by atoms with Crippen LogP contribution < -0.4 is 5.32 Å². The lowest BCUT2D eigenvalue weighted by molar-refractivity contribution is -0.120. The molecule has 0 aliphatic heterocycles. The Morgan fingerprint density at radius 2 is 2.00 bits per heavy atom. The van der Waals surface area contributed by atoms with Crippen molar-refractivity contribution in [2.75, 3.05) is 0 Å². The summed E-state index contributed by atoms with van der Waals surface area (Å²) in [6.07, 6.45) is 0.302. The highest BCUT2D eigenvalue weighted by Gasteiger charge is 2.08. The zero-order valence-corrected chi connectivity index (χ0v) is 11.0. The number of hydrogen-bond acceptors (Lipinski definition) is 3.